The third-order valence-corrected chi connectivity index (χ3v) is 0.469. The fourth-order valence-electron chi connectivity index (χ4n) is 0. The predicted molar refractivity (Wildman–Crippen MR) is 20.4 cm³/mol. The highest BCUT2D eigenvalue weighted by molar-refractivity contribution is 7.32. The molecule has 0 aromatic heterocycles. The SMILES string of the molecule is CO[P+](=O)O.O. The van der Waals surface area contributed by atoms with Crippen molar-refractivity contribution in [1.29, 1.82) is 0 Å². The van der Waals surface area contributed by atoms with Crippen molar-refractivity contribution < 1.29 is 19.5 Å². The van der Waals surface area contributed by atoms with Gasteiger partial charge in [0.2, 0.25) is 0 Å². The van der Waals surface area contributed by atoms with Crippen molar-refractivity contribution >= 4 is 8.25 Å². The lowest BCUT2D eigenvalue weighted by Gasteiger charge is -1.55. The van der Waals surface area contributed by atoms with Gasteiger partial charge in [-0.05, 0) is 0 Å². The molecule has 0 aromatic carbocycles. The van der Waals surface area contributed by atoms with Crippen LogP contribution in [0.25, 0.3) is 0 Å². The van der Waals surface area contributed by atoms with Crippen LogP contribution in [-0.2, 0) is 9.09 Å². The Balaban J connectivity index is 0. The molecule has 0 bridgehead atoms. The molecule has 0 aliphatic heterocycles. The maximum Gasteiger partial charge on any atom is 0.694 e. The molecule has 6 heavy (non-hydrogen) atoms. The van der Waals surface area contributed by atoms with E-state index in [9.17, 15) is 4.57 Å². The lowest BCUT2D eigenvalue weighted by molar-refractivity contribution is 0.343. The maximum atomic E-state index is 9.29. The molecule has 0 spiro atoms. The van der Waals surface area contributed by atoms with Crippen LogP contribution in [0.4, 0.5) is 0 Å². The summed E-state index contributed by atoms with van der Waals surface area (Å²) < 4.78 is 13.1. The van der Waals surface area contributed by atoms with E-state index in [1.54, 1.807) is 0 Å². The molecule has 0 heterocycles. The molecular formula is CH6O4P+. The Bertz CT molecular complexity index is 42.8. The van der Waals surface area contributed by atoms with Crippen LogP contribution in [0, 0.1) is 0 Å². The summed E-state index contributed by atoms with van der Waals surface area (Å²) in [6.45, 7) is 0. The average Bonchev–Trinajstić information content (AvgIpc) is 1.38. The Kier molecular flexibility index (Phi) is 7.77. The van der Waals surface area contributed by atoms with Crippen LogP contribution in [0.5, 0.6) is 0 Å². The summed E-state index contributed by atoms with van der Waals surface area (Å²) in [6, 6.07) is 0. The van der Waals surface area contributed by atoms with E-state index in [0.717, 1.165) is 0 Å². The molecule has 0 saturated carbocycles. The van der Waals surface area contributed by atoms with Gasteiger partial charge in [0.25, 0.3) is 0 Å². The third kappa shape index (κ3) is 9.02. The van der Waals surface area contributed by atoms with E-state index < -0.39 is 8.25 Å². The van der Waals surface area contributed by atoms with Crippen LogP contribution in [0.2, 0.25) is 0 Å². The van der Waals surface area contributed by atoms with Crippen LogP contribution >= 0.6 is 8.25 Å². The third-order valence-electron chi connectivity index (χ3n) is 0.156. The minimum atomic E-state index is -2.35. The Hall–Kier alpha value is -0.0200. The van der Waals surface area contributed by atoms with Gasteiger partial charge in [0.15, 0.2) is 0 Å². The van der Waals surface area contributed by atoms with Gasteiger partial charge in [-0.3, -0.25) is 0 Å². The summed E-state index contributed by atoms with van der Waals surface area (Å²) in [4.78, 5) is 7.65. The monoisotopic (exact) mass is 113 g/mol. The molecule has 0 aromatic rings. The van der Waals surface area contributed by atoms with Crippen molar-refractivity contribution in [3.05, 3.63) is 0 Å². The topological polar surface area (TPSA) is 78.0 Å². The van der Waals surface area contributed by atoms with Gasteiger partial charge < -0.3 is 5.48 Å². The van der Waals surface area contributed by atoms with Gasteiger partial charge in [-0.15, -0.1) is 9.42 Å². The number of hydrogen-bond acceptors (Lipinski definition) is 2. The van der Waals surface area contributed by atoms with Crippen molar-refractivity contribution in [2.45, 2.75) is 0 Å². The lowest BCUT2D eigenvalue weighted by Crippen LogP contribution is -1.57. The van der Waals surface area contributed by atoms with Crippen LogP contribution in [0.3, 0.4) is 0 Å². The highest BCUT2D eigenvalue weighted by Crippen LogP contribution is 2.09. The van der Waals surface area contributed by atoms with E-state index in [-0.39, 0.29) is 5.48 Å². The summed E-state index contributed by atoms with van der Waals surface area (Å²) in [5.41, 5.74) is 0. The van der Waals surface area contributed by atoms with Crippen LogP contribution in [0.15, 0.2) is 0 Å². The van der Waals surface area contributed by atoms with Gasteiger partial charge in [0.1, 0.15) is 0 Å². The van der Waals surface area contributed by atoms with E-state index in [4.69, 9.17) is 4.89 Å². The van der Waals surface area contributed by atoms with Gasteiger partial charge in [-0.2, -0.15) is 0 Å². The van der Waals surface area contributed by atoms with Crippen LogP contribution < -0.4 is 0 Å². The first-order valence-corrected chi connectivity index (χ1v) is 2.10. The van der Waals surface area contributed by atoms with Crippen LogP contribution in [0.1, 0.15) is 0 Å². The molecule has 4 nitrogen and oxygen atoms in total. The molecule has 3 N–H and O–H groups in total. The Labute approximate surface area is 36.0 Å². The first-order valence-electron chi connectivity index (χ1n) is 0.973. The first kappa shape index (κ1) is 9.36. The largest absolute Gasteiger partial charge is 0.694 e. The van der Waals surface area contributed by atoms with Gasteiger partial charge in [-0.25, -0.2) is 0 Å². The zero-order valence-electron chi connectivity index (χ0n) is 3.21. The van der Waals surface area contributed by atoms with E-state index in [1.165, 1.54) is 7.11 Å². The van der Waals surface area contributed by atoms with E-state index in [0.29, 0.717) is 0 Å². The molecule has 0 radical (unpaired) electrons. The lowest BCUT2D eigenvalue weighted by atomic mass is 11.8. The molecule has 0 rings (SSSR count). The molecule has 0 fully saturated rings. The summed E-state index contributed by atoms with van der Waals surface area (Å²) in [5, 5.41) is 0. The minimum Gasteiger partial charge on any atom is -0.412 e. The summed E-state index contributed by atoms with van der Waals surface area (Å²) in [7, 11) is -1.18. The molecule has 5 heteroatoms. The Morgan fingerprint density at radius 2 is 2.00 bits per heavy atom. The second-order valence-electron chi connectivity index (χ2n) is 0.420. The van der Waals surface area contributed by atoms with Gasteiger partial charge in [-0.1, -0.05) is 0 Å². The van der Waals surface area contributed by atoms with Crippen LogP contribution in [-0.4, -0.2) is 17.5 Å². The quantitative estimate of drug-likeness (QED) is 0.463. The standard InChI is InChI=1S/CH3O3P.H2O/c1-4-5(2)3;/h1H3;1H2/p+1. The zero-order chi connectivity index (χ0) is 4.28. The first-order chi connectivity index (χ1) is 2.27. The van der Waals surface area contributed by atoms with Gasteiger partial charge in [0, 0.05) is 4.57 Å². The van der Waals surface area contributed by atoms with Crippen molar-refractivity contribution in [2.24, 2.45) is 0 Å². The van der Waals surface area contributed by atoms with E-state index in [1.807, 2.05) is 0 Å². The Morgan fingerprint density at radius 3 is 2.00 bits per heavy atom. The fourth-order valence-corrected chi connectivity index (χ4v) is 0. The molecule has 0 aliphatic rings. The Morgan fingerprint density at radius 1 is 1.83 bits per heavy atom. The van der Waals surface area contributed by atoms with E-state index in [2.05, 4.69) is 4.52 Å². The maximum absolute atomic E-state index is 9.29. The van der Waals surface area contributed by atoms with Crippen molar-refractivity contribution in [3.8, 4) is 0 Å². The second-order valence-corrected chi connectivity index (χ2v) is 1.26. The van der Waals surface area contributed by atoms with Crippen molar-refractivity contribution in [3.63, 3.8) is 0 Å². The molecule has 1 unspecified atom stereocenters. The minimum absolute atomic E-state index is 0. The molecule has 0 saturated heterocycles. The second kappa shape index (κ2) is 4.98. The summed E-state index contributed by atoms with van der Waals surface area (Å²) in [6.07, 6.45) is 0. The molecule has 1 atom stereocenters. The molecule has 38 valence electrons. The summed E-state index contributed by atoms with van der Waals surface area (Å²) >= 11 is 0. The molecule has 0 amide bonds. The molecule has 0 aliphatic carbocycles. The zero-order valence-corrected chi connectivity index (χ0v) is 4.11. The highest BCUT2D eigenvalue weighted by Gasteiger charge is 2.02. The average molecular weight is 113 g/mol. The van der Waals surface area contributed by atoms with Crippen molar-refractivity contribution in [1.82, 2.24) is 0 Å². The molecular weight excluding hydrogens is 107 g/mol. The normalized spacial score (nSPS) is 9.33. The smallest absolute Gasteiger partial charge is 0.412 e. The van der Waals surface area contributed by atoms with Gasteiger partial charge in [0.05, 0.1) is 7.11 Å². The summed E-state index contributed by atoms with van der Waals surface area (Å²) in [5.74, 6) is 0. The number of hydrogen-bond donors (Lipinski definition) is 1. The highest BCUT2D eigenvalue weighted by atomic mass is 31.1. The van der Waals surface area contributed by atoms with E-state index >= 15 is 0 Å². The fraction of sp³-hybridized carbons (Fsp3) is 1.00. The number of rotatable bonds is 1. The van der Waals surface area contributed by atoms with Crippen molar-refractivity contribution in [2.75, 3.05) is 7.11 Å². The predicted octanol–water partition coefficient (Wildman–Crippen LogP) is -0.542. The van der Waals surface area contributed by atoms with Gasteiger partial charge >= 0.3 is 8.25 Å².